The zero-order chi connectivity index (χ0) is 52.9. The summed E-state index contributed by atoms with van der Waals surface area (Å²) in [4.78, 5) is 24.6. The fraction of sp³-hybridized carbons (Fsp3) is 0.940. The molecule has 0 heterocycles. The van der Waals surface area contributed by atoms with Gasteiger partial charge >= 0.3 is 5.97 Å². The van der Waals surface area contributed by atoms with Crippen LogP contribution in [0.2, 0.25) is 0 Å². The maximum atomic E-state index is 12.5. The van der Waals surface area contributed by atoms with E-state index < -0.39 is 12.1 Å². The molecule has 0 bridgehead atoms. The lowest BCUT2D eigenvalue weighted by molar-refractivity contribution is -0.143. The summed E-state index contributed by atoms with van der Waals surface area (Å²) in [5.41, 5.74) is 0. The number of esters is 1. The molecular weight excluding hydrogens is 899 g/mol. The molecule has 2 atom stereocenters. The molecule has 0 saturated carbocycles. The number of aliphatic hydroxyl groups is 2. The lowest BCUT2D eigenvalue weighted by Gasteiger charge is -2.22. The highest BCUT2D eigenvalue weighted by molar-refractivity contribution is 5.76. The number of rotatable bonds is 63. The highest BCUT2D eigenvalue weighted by Gasteiger charge is 2.20. The Morgan fingerprint density at radius 2 is 0.644 bits per heavy atom. The zero-order valence-corrected chi connectivity index (χ0v) is 49.6. The largest absolute Gasteiger partial charge is 0.466 e. The van der Waals surface area contributed by atoms with Crippen LogP contribution in [0.3, 0.4) is 0 Å². The Morgan fingerprint density at radius 1 is 0.370 bits per heavy atom. The van der Waals surface area contributed by atoms with Gasteiger partial charge in [0.1, 0.15) is 0 Å². The Kier molecular flexibility index (Phi) is 61.9. The van der Waals surface area contributed by atoms with Crippen molar-refractivity contribution in [2.75, 3.05) is 13.2 Å². The Bertz CT molecular complexity index is 1100. The third-order valence-electron chi connectivity index (χ3n) is 15.8. The van der Waals surface area contributed by atoms with Crippen LogP contribution in [0.5, 0.6) is 0 Å². The van der Waals surface area contributed by atoms with Crippen molar-refractivity contribution in [3.63, 3.8) is 0 Å². The highest BCUT2D eigenvalue weighted by atomic mass is 16.5. The zero-order valence-electron chi connectivity index (χ0n) is 49.6. The molecule has 73 heavy (non-hydrogen) atoms. The lowest BCUT2D eigenvalue weighted by atomic mass is 10.0. The summed E-state index contributed by atoms with van der Waals surface area (Å²) in [6.07, 6.45) is 76.6. The van der Waals surface area contributed by atoms with E-state index in [1.807, 2.05) is 0 Å². The van der Waals surface area contributed by atoms with Crippen molar-refractivity contribution in [2.45, 2.75) is 392 Å². The number of carbonyl (C=O) groups excluding carboxylic acids is 2. The molecule has 0 spiro atoms. The number of hydrogen-bond acceptors (Lipinski definition) is 5. The second-order valence-electron chi connectivity index (χ2n) is 23.2. The first-order valence-corrected chi connectivity index (χ1v) is 33.4. The molecule has 6 heteroatoms. The first-order chi connectivity index (χ1) is 36.0. The number of ether oxygens (including phenoxy) is 1. The van der Waals surface area contributed by atoms with Gasteiger partial charge in [0, 0.05) is 12.8 Å². The third-order valence-corrected chi connectivity index (χ3v) is 15.8. The molecule has 0 aliphatic rings. The van der Waals surface area contributed by atoms with Gasteiger partial charge in [0.2, 0.25) is 5.91 Å². The third kappa shape index (κ3) is 59.7. The molecule has 3 N–H and O–H groups in total. The van der Waals surface area contributed by atoms with Gasteiger partial charge in [-0.1, -0.05) is 328 Å². The molecule has 6 nitrogen and oxygen atoms in total. The number of nitrogens with one attached hydrogen (secondary N) is 1. The molecule has 0 aliphatic heterocycles. The van der Waals surface area contributed by atoms with Crippen molar-refractivity contribution in [2.24, 2.45) is 0 Å². The fourth-order valence-corrected chi connectivity index (χ4v) is 10.7. The van der Waals surface area contributed by atoms with Gasteiger partial charge in [0.05, 0.1) is 25.4 Å². The minimum absolute atomic E-state index is 0.0139. The topological polar surface area (TPSA) is 95.9 Å². The standard InChI is InChI=1S/C67H131NO5/c1-3-5-7-9-11-13-15-17-19-20-25-29-33-37-41-45-49-53-57-61-67(72)73-62-58-54-50-46-42-38-34-30-27-24-22-21-23-26-28-32-36-40-44-48-52-56-60-66(71)68-64(63-69)65(70)59-55-51-47-43-39-35-31-18-16-14-12-10-8-6-4-2/h17,19,64-65,69-70H,3-16,18,20-63H2,1-2H3,(H,68,71)/b19-17-. The molecule has 0 aliphatic carbocycles. The molecule has 434 valence electrons. The number of aliphatic hydroxyl groups excluding tert-OH is 2. The monoisotopic (exact) mass is 1030 g/mol. The van der Waals surface area contributed by atoms with Gasteiger partial charge in [-0.25, -0.2) is 0 Å². The first-order valence-electron chi connectivity index (χ1n) is 33.4. The highest BCUT2D eigenvalue weighted by Crippen LogP contribution is 2.19. The van der Waals surface area contributed by atoms with E-state index in [4.69, 9.17) is 4.74 Å². The van der Waals surface area contributed by atoms with Crippen molar-refractivity contribution in [3.8, 4) is 0 Å². The van der Waals surface area contributed by atoms with E-state index in [9.17, 15) is 19.8 Å². The van der Waals surface area contributed by atoms with Crippen molar-refractivity contribution < 1.29 is 24.5 Å². The molecule has 2 unspecified atom stereocenters. The number of amides is 1. The number of hydrogen-bond donors (Lipinski definition) is 3. The molecule has 0 radical (unpaired) electrons. The minimum atomic E-state index is -0.664. The SMILES string of the molecule is CCCCCCCC/C=C\CCCCCCCCCCCC(=O)OCCCCCCCCCCCCCCCCCCCCCCCCC(=O)NC(CO)C(O)CCCCCCCCCCCCCCCCC. The maximum absolute atomic E-state index is 12.5. The molecule has 1 amide bonds. The van der Waals surface area contributed by atoms with E-state index >= 15 is 0 Å². The van der Waals surface area contributed by atoms with Crippen LogP contribution < -0.4 is 5.32 Å². The molecule has 0 aromatic carbocycles. The van der Waals surface area contributed by atoms with E-state index in [1.165, 1.54) is 302 Å². The smallest absolute Gasteiger partial charge is 0.305 e. The van der Waals surface area contributed by atoms with E-state index in [0.29, 0.717) is 25.9 Å². The molecule has 0 fully saturated rings. The Labute approximate surface area is 457 Å². The predicted octanol–water partition coefficient (Wildman–Crippen LogP) is 21.2. The van der Waals surface area contributed by atoms with Gasteiger partial charge in [-0.3, -0.25) is 9.59 Å². The van der Waals surface area contributed by atoms with Crippen LogP contribution in [0.4, 0.5) is 0 Å². The van der Waals surface area contributed by atoms with Crippen LogP contribution in [0.1, 0.15) is 380 Å². The van der Waals surface area contributed by atoms with Crippen LogP contribution in [0, 0.1) is 0 Å². The van der Waals surface area contributed by atoms with Crippen LogP contribution in [-0.4, -0.2) is 47.4 Å². The summed E-state index contributed by atoms with van der Waals surface area (Å²) >= 11 is 0. The number of unbranched alkanes of at least 4 members (excludes halogenated alkanes) is 50. The van der Waals surface area contributed by atoms with E-state index in [1.54, 1.807) is 0 Å². The minimum Gasteiger partial charge on any atom is -0.466 e. The van der Waals surface area contributed by atoms with Crippen LogP contribution in [0.15, 0.2) is 12.2 Å². The van der Waals surface area contributed by atoms with Crippen molar-refractivity contribution in [1.29, 1.82) is 0 Å². The molecule has 0 aromatic rings. The summed E-state index contributed by atoms with van der Waals surface area (Å²) in [7, 11) is 0. The predicted molar refractivity (Wildman–Crippen MR) is 320 cm³/mol. The van der Waals surface area contributed by atoms with Crippen LogP contribution >= 0.6 is 0 Å². The van der Waals surface area contributed by atoms with Gasteiger partial charge in [0.25, 0.3) is 0 Å². The molecule has 0 aromatic heterocycles. The van der Waals surface area contributed by atoms with E-state index in [-0.39, 0.29) is 18.5 Å². The van der Waals surface area contributed by atoms with Gasteiger partial charge < -0.3 is 20.3 Å². The second-order valence-corrected chi connectivity index (χ2v) is 23.2. The molecule has 0 rings (SSSR count). The quantitative estimate of drug-likeness (QED) is 0.0320. The van der Waals surface area contributed by atoms with Gasteiger partial charge in [0.15, 0.2) is 0 Å². The number of carbonyl (C=O) groups is 2. The molecule has 0 saturated heterocycles. The molecular formula is C67H131NO5. The summed E-state index contributed by atoms with van der Waals surface area (Å²) in [5.74, 6) is -0.0183. The van der Waals surface area contributed by atoms with Crippen LogP contribution in [-0.2, 0) is 14.3 Å². The Hall–Kier alpha value is -1.40. The van der Waals surface area contributed by atoms with Gasteiger partial charge in [-0.05, 0) is 51.4 Å². The van der Waals surface area contributed by atoms with Gasteiger partial charge in [-0.2, -0.15) is 0 Å². The normalized spacial score (nSPS) is 12.5. The fourth-order valence-electron chi connectivity index (χ4n) is 10.7. The Morgan fingerprint density at radius 3 is 0.973 bits per heavy atom. The second kappa shape index (κ2) is 63.1. The van der Waals surface area contributed by atoms with Crippen LogP contribution in [0.25, 0.3) is 0 Å². The van der Waals surface area contributed by atoms with E-state index in [2.05, 4.69) is 31.3 Å². The van der Waals surface area contributed by atoms with E-state index in [0.717, 1.165) is 44.9 Å². The maximum Gasteiger partial charge on any atom is 0.305 e. The summed E-state index contributed by atoms with van der Waals surface area (Å²) in [6, 6.07) is -0.541. The summed E-state index contributed by atoms with van der Waals surface area (Å²) in [6.45, 7) is 4.98. The summed E-state index contributed by atoms with van der Waals surface area (Å²) in [5, 5.41) is 23.3. The number of allylic oxidation sites excluding steroid dienone is 2. The van der Waals surface area contributed by atoms with Gasteiger partial charge in [-0.15, -0.1) is 0 Å². The van der Waals surface area contributed by atoms with Crippen molar-refractivity contribution >= 4 is 11.9 Å². The van der Waals surface area contributed by atoms with Crippen molar-refractivity contribution in [3.05, 3.63) is 12.2 Å². The lowest BCUT2D eigenvalue weighted by Crippen LogP contribution is -2.45. The first kappa shape index (κ1) is 71.6. The average molecular weight is 1030 g/mol. The Balaban J connectivity index is 3.35. The average Bonchev–Trinajstić information content (AvgIpc) is 3.39. The summed E-state index contributed by atoms with van der Waals surface area (Å²) < 4.78 is 5.51. The van der Waals surface area contributed by atoms with Crippen molar-refractivity contribution in [1.82, 2.24) is 5.32 Å².